The molecule has 0 fully saturated rings. The number of likely N-dealkylation sites (N-methyl/N-ethyl adjacent to an activating group) is 1. The van der Waals surface area contributed by atoms with Crippen molar-refractivity contribution in [3.05, 3.63) is 11.5 Å². The van der Waals surface area contributed by atoms with Crippen LogP contribution in [-0.4, -0.2) is 31.8 Å². The summed E-state index contributed by atoms with van der Waals surface area (Å²) in [6, 6.07) is 0.151. The summed E-state index contributed by atoms with van der Waals surface area (Å²) in [5, 5.41) is 7.84. The Morgan fingerprint density at radius 3 is 2.60 bits per heavy atom. The minimum atomic E-state index is 0.0499. The molecule has 1 unspecified atom stereocenters. The highest BCUT2D eigenvalue weighted by molar-refractivity contribution is 8.01. The van der Waals surface area contributed by atoms with E-state index in [1.54, 1.807) is 18.8 Å². The Labute approximate surface area is 97.1 Å². The Morgan fingerprint density at radius 1 is 1.47 bits per heavy atom. The maximum Gasteiger partial charge on any atom is 0.234 e. The number of carbonyl (C=O) groups excluding carboxylic acids is 1. The summed E-state index contributed by atoms with van der Waals surface area (Å²) in [4.78, 5) is 11.4. The lowest BCUT2D eigenvalue weighted by Crippen LogP contribution is -2.39. The van der Waals surface area contributed by atoms with Gasteiger partial charge in [0.05, 0.1) is 6.54 Å². The van der Waals surface area contributed by atoms with E-state index >= 15 is 0 Å². The first-order chi connectivity index (χ1) is 7.10. The van der Waals surface area contributed by atoms with E-state index in [0.717, 1.165) is 6.42 Å². The van der Waals surface area contributed by atoms with Crippen LogP contribution in [0.3, 0.4) is 0 Å². The number of amides is 1. The first kappa shape index (κ1) is 14.5. The second-order valence-electron chi connectivity index (χ2n) is 3.90. The Bertz CT molecular complexity index is 205. The fourth-order valence-corrected chi connectivity index (χ4v) is 1.63. The van der Waals surface area contributed by atoms with Crippen LogP contribution in [0.1, 0.15) is 20.3 Å². The monoisotopic (exact) mass is 230 g/mol. The molecule has 0 aromatic rings. The smallest absolute Gasteiger partial charge is 0.234 e. The molecule has 0 heterocycles. The van der Waals surface area contributed by atoms with Crippen molar-refractivity contribution in [2.75, 3.05) is 19.8 Å². The molecule has 1 amide bonds. The van der Waals surface area contributed by atoms with Crippen LogP contribution in [0.25, 0.3) is 0 Å². The van der Waals surface area contributed by atoms with Gasteiger partial charge in [-0.25, -0.2) is 0 Å². The van der Waals surface area contributed by atoms with Gasteiger partial charge in [0.2, 0.25) is 5.91 Å². The molecule has 0 spiro atoms. The molecule has 0 aliphatic rings. The number of thioether (sulfide) groups is 1. The highest BCUT2D eigenvalue weighted by atomic mass is 32.2. The van der Waals surface area contributed by atoms with Gasteiger partial charge < -0.3 is 10.6 Å². The van der Waals surface area contributed by atoms with Gasteiger partial charge in [0, 0.05) is 6.04 Å². The largest absolute Gasteiger partial charge is 0.349 e. The molecule has 0 aliphatic heterocycles. The predicted octanol–water partition coefficient (Wildman–Crippen LogP) is 1.61. The molecule has 2 N–H and O–H groups in total. The minimum Gasteiger partial charge on any atom is -0.349 e. The van der Waals surface area contributed by atoms with Crippen molar-refractivity contribution < 1.29 is 4.79 Å². The van der Waals surface area contributed by atoms with E-state index in [1.807, 2.05) is 11.7 Å². The lowest BCUT2D eigenvalue weighted by Gasteiger charge is -2.17. The van der Waals surface area contributed by atoms with E-state index in [-0.39, 0.29) is 11.9 Å². The fraction of sp³-hybridized carbons (Fsp3) is 0.727. The summed E-state index contributed by atoms with van der Waals surface area (Å²) in [7, 11) is 1.77. The third-order valence-electron chi connectivity index (χ3n) is 1.86. The number of rotatable bonds is 7. The van der Waals surface area contributed by atoms with Crippen molar-refractivity contribution in [1.82, 2.24) is 10.6 Å². The molecule has 0 saturated carbocycles. The second-order valence-corrected chi connectivity index (χ2v) is 4.64. The molecular weight excluding hydrogens is 208 g/mol. The number of nitrogens with one attached hydrogen (secondary N) is 2. The van der Waals surface area contributed by atoms with E-state index in [4.69, 9.17) is 0 Å². The molecule has 0 aromatic heterocycles. The number of hydrogen-bond acceptors (Lipinski definition) is 3. The van der Waals surface area contributed by atoms with Gasteiger partial charge in [-0.1, -0.05) is 19.9 Å². The van der Waals surface area contributed by atoms with Gasteiger partial charge in [-0.15, -0.1) is 11.8 Å². The maximum absolute atomic E-state index is 11.4. The molecule has 0 aliphatic carbocycles. The van der Waals surface area contributed by atoms with Crippen molar-refractivity contribution in [3.8, 4) is 0 Å². The van der Waals surface area contributed by atoms with Gasteiger partial charge in [-0.2, -0.15) is 0 Å². The molecule has 1 atom stereocenters. The minimum absolute atomic E-state index is 0.0499. The van der Waals surface area contributed by atoms with Crippen molar-refractivity contribution in [2.45, 2.75) is 26.3 Å². The van der Waals surface area contributed by atoms with Gasteiger partial charge in [0.1, 0.15) is 0 Å². The Hall–Kier alpha value is -0.480. The molecule has 0 rings (SSSR count). The molecule has 4 heteroatoms. The number of carbonyl (C=O) groups is 1. The van der Waals surface area contributed by atoms with Crippen molar-refractivity contribution in [2.24, 2.45) is 5.92 Å². The van der Waals surface area contributed by atoms with E-state index < -0.39 is 0 Å². The van der Waals surface area contributed by atoms with Crippen LogP contribution in [0.5, 0.6) is 0 Å². The summed E-state index contributed by atoms with van der Waals surface area (Å²) in [6.07, 6.45) is 5.04. The van der Waals surface area contributed by atoms with E-state index in [0.29, 0.717) is 12.5 Å². The normalized spacial score (nSPS) is 13.4. The van der Waals surface area contributed by atoms with Gasteiger partial charge in [0.15, 0.2) is 0 Å². The van der Waals surface area contributed by atoms with Crippen LogP contribution in [0, 0.1) is 5.92 Å². The van der Waals surface area contributed by atoms with Crippen LogP contribution in [0.4, 0.5) is 0 Å². The summed E-state index contributed by atoms with van der Waals surface area (Å²) in [6.45, 7) is 4.69. The first-order valence-corrected chi connectivity index (χ1v) is 6.52. The average molecular weight is 230 g/mol. The quantitative estimate of drug-likeness (QED) is 0.698. The van der Waals surface area contributed by atoms with Crippen molar-refractivity contribution in [3.63, 3.8) is 0 Å². The lowest BCUT2D eigenvalue weighted by molar-refractivity contribution is -0.120. The summed E-state index contributed by atoms with van der Waals surface area (Å²) >= 11 is 1.65. The highest BCUT2D eigenvalue weighted by Gasteiger charge is 2.10. The van der Waals surface area contributed by atoms with Crippen LogP contribution in [0.2, 0.25) is 0 Å². The zero-order chi connectivity index (χ0) is 11.7. The molecule has 0 bridgehead atoms. The van der Waals surface area contributed by atoms with E-state index in [2.05, 4.69) is 30.6 Å². The zero-order valence-corrected chi connectivity index (χ0v) is 10.9. The summed E-state index contributed by atoms with van der Waals surface area (Å²) in [5.41, 5.74) is 0. The van der Waals surface area contributed by atoms with Crippen LogP contribution in [0.15, 0.2) is 11.5 Å². The van der Waals surface area contributed by atoms with E-state index in [9.17, 15) is 4.79 Å². The van der Waals surface area contributed by atoms with Crippen LogP contribution < -0.4 is 10.6 Å². The molecule has 0 aromatic carbocycles. The SMILES string of the molecule is CNCC(=O)NC(/C=C/SC)CC(C)C. The molecule has 15 heavy (non-hydrogen) atoms. The third kappa shape index (κ3) is 8.51. The third-order valence-corrected chi connectivity index (χ3v) is 2.29. The van der Waals surface area contributed by atoms with Crippen LogP contribution in [-0.2, 0) is 4.79 Å². The summed E-state index contributed by atoms with van der Waals surface area (Å²) < 4.78 is 0. The lowest BCUT2D eigenvalue weighted by atomic mass is 10.0. The topological polar surface area (TPSA) is 41.1 Å². The fourth-order valence-electron chi connectivity index (χ4n) is 1.29. The average Bonchev–Trinajstić information content (AvgIpc) is 2.13. The maximum atomic E-state index is 11.4. The predicted molar refractivity (Wildman–Crippen MR) is 68.0 cm³/mol. The van der Waals surface area contributed by atoms with E-state index in [1.165, 1.54) is 0 Å². The number of hydrogen-bond donors (Lipinski definition) is 2. The summed E-state index contributed by atoms with van der Waals surface area (Å²) in [5.74, 6) is 0.630. The van der Waals surface area contributed by atoms with Gasteiger partial charge in [0.25, 0.3) is 0 Å². The van der Waals surface area contributed by atoms with Gasteiger partial charge in [-0.05, 0) is 31.1 Å². The van der Waals surface area contributed by atoms with Crippen molar-refractivity contribution in [1.29, 1.82) is 0 Å². The molecular formula is C11H22N2OS. The van der Waals surface area contributed by atoms with Gasteiger partial charge >= 0.3 is 0 Å². The molecule has 0 radical (unpaired) electrons. The zero-order valence-electron chi connectivity index (χ0n) is 10.0. The molecule has 88 valence electrons. The second kappa shape index (κ2) is 8.80. The van der Waals surface area contributed by atoms with Gasteiger partial charge in [-0.3, -0.25) is 4.79 Å². The van der Waals surface area contributed by atoms with Crippen LogP contribution >= 0.6 is 11.8 Å². The van der Waals surface area contributed by atoms with Crippen molar-refractivity contribution >= 4 is 17.7 Å². The Balaban J connectivity index is 4.11. The standard InChI is InChI=1S/C11H22N2OS/c1-9(2)7-10(5-6-15-4)13-11(14)8-12-3/h5-6,9-10,12H,7-8H2,1-4H3,(H,13,14)/b6-5+. The molecule has 0 saturated heterocycles. The Kier molecular flexibility index (Phi) is 8.52. The molecule has 3 nitrogen and oxygen atoms in total. The first-order valence-electron chi connectivity index (χ1n) is 5.23. The Morgan fingerprint density at radius 2 is 2.13 bits per heavy atom. The highest BCUT2D eigenvalue weighted by Crippen LogP contribution is 2.07.